The van der Waals surface area contributed by atoms with Crippen LogP contribution in [0.4, 0.5) is 0 Å². The predicted molar refractivity (Wildman–Crippen MR) is 120 cm³/mol. The van der Waals surface area contributed by atoms with Gasteiger partial charge in [0.1, 0.15) is 5.75 Å². The summed E-state index contributed by atoms with van der Waals surface area (Å²) in [6, 6.07) is 13.8. The van der Waals surface area contributed by atoms with Crippen molar-refractivity contribution in [2.45, 2.75) is 26.4 Å². The van der Waals surface area contributed by atoms with Crippen LogP contribution in [0.25, 0.3) is 11.5 Å². The number of nitrogens with zero attached hydrogens (tertiary/aromatic N) is 4. The van der Waals surface area contributed by atoms with Crippen molar-refractivity contribution in [2.75, 3.05) is 20.7 Å². The van der Waals surface area contributed by atoms with Gasteiger partial charge in [0, 0.05) is 25.7 Å². The molecule has 8 nitrogen and oxygen atoms in total. The predicted octanol–water partition coefficient (Wildman–Crippen LogP) is 3.91. The maximum absolute atomic E-state index is 13.2. The lowest BCUT2D eigenvalue weighted by Crippen LogP contribution is -2.36. The van der Waals surface area contributed by atoms with Crippen molar-refractivity contribution in [1.29, 1.82) is 0 Å². The third kappa shape index (κ3) is 5.64. The average molecular weight is 457 g/mol. The largest absolute Gasteiger partial charge is 0.484 e. The molecule has 0 spiro atoms. The molecule has 0 radical (unpaired) electrons. The zero-order valence-electron chi connectivity index (χ0n) is 18.4. The van der Waals surface area contributed by atoms with E-state index >= 15 is 0 Å². The van der Waals surface area contributed by atoms with Crippen LogP contribution in [0, 0.1) is 0 Å². The molecule has 3 aromatic rings. The van der Waals surface area contributed by atoms with Gasteiger partial charge in [0.2, 0.25) is 11.8 Å². The highest BCUT2D eigenvalue weighted by Gasteiger charge is 2.23. The molecule has 0 aliphatic heterocycles. The molecule has 0 atom stereocenters. The molecule has 0 fully saturated rings. The number of likely N-dealkylation sites (N-methyl/N-ethyl adjacent to an activating group) is 1. The number of aromatic nitrogens is 2. The topological polar surface area (TPSA) is 88.8 Å². The monoisotopic (exact) mass is 456 g/mol. The molecule has 0 saturated carbocycles. The Morgan fingerprint density at radius 3 is 2.53 bits per heavy atom. The van der Waals surface area contributed by atoms with E-state index in [1.54, 1.807) is 55.4 Å². The molecule has 0 saturated heterocycles. The van der Waals surface area contributed by atoms with Crippen molar-refractivity contribution in [1.82, 2.24) is 20.0 Å². The van der Waals surface area contributed by atoms with E-state index in [1.807, 2.05) is 26.0 Å². The molecule has 0 unspecified atom stereocenters. The zero-order chi connectivity index (χ0) is 23.3. The maximum atomic E-state index is 13.2. The second kappa shape index (κ2) is 10.3. The van der Waals surface area contributed by atoms with Crippen LogP contribution >= 0.6 is 11.6 Å². The van der Waals surface area contributed by atoms with Gasteiger partial charge < -0.3 is 19.0 Å². The molecule has 2 amide bonds. The molecule has 2 aromatic carbocycles. The Kier molecular flexibility index (Phi) is 7.48. The number of carbonyl (C=O) groups excluding carboxylic acids is 2. The normalized spacial score (nSPS) is 10.8. The maximum Gasteiger partial charge on any atom is 0.259 e. The number of benzene rings is 2. The van der Waals surface area contributed by atoms with Crippen molar-refractivity contribution < 1.29 is 18.7 Å². The van der Waals surface area contributed by atoms with Crippen LogP contribution in [-0.4, -0.2) is 58.6 Å². The lowest BCUT2D eigenvalue weighted by Gasteiger charge is -2.25. The molecule has 168 valence electrons. The summed E-state index contributed by atoms with van der Waals surface area (Å²) in [4.78, 5) is 28.0. The molecule has 32 heavy (non-hydrogen) atoms. The second-order valence-electron chi connectivity index (χ2n) is 7.61. The molecule has 1 aromatic heterocycles. The van der Waals surface area contributed by atoms with Gasteiger partial charge in [0.15, 0.2) is 6.61 Å². The lowest BCUT2D eigenvalue weighted by molar-refractivity contribution is -0.130. The second-order valence-corrected chi connectivity index (χ2v) is 8.02. The third-order valence-corrected chi connectivity index (χ3v) is 5.03. The van der Waals surface area contributed by atoms with E-state index in [0.717, 1.165) is 0 Å². The Balaban J connectivity index is 1.75. The smallest absolute Gasteiger partial charge is 0.259 e. The minimum atomic E-state index is -0.220. The fourth-order valence-electron chi connectivity index (χ4n) is 2.85. The zero-order valence-corrected chi connectivity index (χ0v) is 19.2. The SMILES string of the molecule is CC(C)N(Cc1nnc(-c2ccccc2Cl)o1)C(=O)c1cccc(OCC(=O)N(C)C)c1. The molecule has 0 aliphatic carbocycles. The van der Waals surface area contributed by atoms with E-state index in [4.69, 9.17) is 20.8 Å². The number of rotatable bonds is 8. The van der Waals surface area contributed by atoms with E-state index in [0.29, 0.717) is 33.7 Å². The summed E-state index contributed by atoms with van der Waals surface area (Å²) in [7, 11) is 3.31. The average Bonchev–Trinajstić information content (AvgIpc) is 3.24. The van der Waals surface area contributed by atoms with Gasteiger partial charge in [0.05, 0.1) is 17.1 Å². The van der Waals surface area contributed by atoms with E-state index in [9.17, 15) is 9.59 Å². The molecular formula is C23H25ClN4O4. The summed E-state index contributed by atoms with van der Waals surface area (Å²) < 4.78 is 11.3. The fraction of sp³-hybridized carbons (Fsp3) is 0.304. The van der Waals surface area contributed by atoms with Crippen molar-refractivity contribution >= 4 is 23.4 Å². The van der Waals surface area contributed by atoms with Gasteiger partial charge in [-0.25, -0.2) is 0 Å². The first-order valence-electron chi connectivity index (χ1n) is 10.1. The van der Waals surface area contributed by atoms with E-state index in [-0.39, 0.29) is 31.0 Å². The van der Waals surface area contributed by atoms with Crippen LogP contribution < -0.4 is 4.74 Å². The van der Waals surface area contributed by atoms with Crippen LogP contribution in [-0.2, 0) is 11.3 Å². The van der Waals surface area contributed by atoms with Gasteiger partial charge in [-0.2, -0.15) is 0 Å². The highest BCUT2D eigenvalue weighted by Crippen LogP contribution is 2.27. The van der Waals surface area contributed by atoms with Crippen LogP contribution in [0.2, 0.25) is 5.02 Å². The molecule has 1 heterocycles. The summed E-state index contributed by atoms with van der Waals surface area (Å²) in [5.74, 6) is 0.639. The quantitative estimate of drug-likeness (QED) is 0.510. The Morgan fingerprint density at radius 1 is 1.09 bits per heavy atom. The van der Waals surface area contributed by atoms with Crippen molar-refractivity contribution in [3.8, 4) is 17.2 Å². The van der Waals surface area contributed by atoms with Gasteiger partial charge in [-0.15, -0.1) is 10.2 Å². The summed E-state index contributed by atoms with van der Waals surface area (Å²) >= 11 is 6.20. The van der Waals surface area contributed by atoms with Crippen molar-refractivity contribution in [3.05, 3.63) is 65.0 Å². The molecular weight excluding hydrogens is 432 g/mol. The number of halogens is 1. The molecule has 9 heteroatoms. The number of carbonyl (C=O) groups is 2. The van der Waals surface area contributed by atoms with Crippen LogP contribution in [0.3, 0.4) is 0 Å². The summed E-state index contributed by atoms with van der Waals surface area (Å²) in [6.45, 7) is 3.84. The first-order valence-corrected chi connectivity index (χ1v) is 10.5. The van der Waals surface area contributed by atoms with Crippen LogP contribution in [0.5, 0.6) is 5.75 Å². The van der Waals surface area contributed by atoms with Crippen molar-refractivity contribution in [2.24, 2.45) is 0 Å². The van der Waals surface area contributed by atoms with E-state index in [1.165, 1.54) is 4.90 Å². The van der Waals surface area contributed by atoms with Gasteiger partial charge >= 0.3 is 0 Å². The Labute approximate surface area is 191 Å². The number of ether oxygens (including phenoxy) is 1. The van der Waals surface area contributed by atoms with Gasteiger partial charge in [-0.05, 0) is 44.2 Å². The van der Waals surface area contributed by atoms with Gasteiger partial charge in [-0.3, -0.25) is 9.59 Å². The highest BCUT2D eigenvalue weighted by atomic mass is 35.5. The first-order chi connectivity index (χ1) is 15.3. The Morgan fingerprint density at radius 2 is 1.84 bits per heavy atom. The summed E-state index contributed by atoms with van der Waals surface area (Å²) in [6.07, 6.45) is 0. The minimum Gasteiger partial charge on any atom is -0.484 e. The number of amides is 2. The summed E-state index contributed by atoms with van der Waals surface area (Å²) in [5, 5.41) is 8.65. The van der Waals surface area contributed by atoms with Crippen molar-refractivity contribution in [3.63, 3.8) is 0 Å². The number of hydrogen-bond donors (Lipinski definition) is 0. The third-order valence-electron chi connectivity index (χ3n) is 4.70. The molecule has 0 bridgehead atoms. The van der Waals surface area contributed by atoms with E-state index in [2.05, 4.69) is 10.2 Å². The van der Waals surface area contributed by atoms with Gasteiger partial charge in [0.25, 0.3) is 11.8 Å². The van der Waals surface area contributed by atoms with Crippen LogP contribution in [0.1, 0.15) is 30.1 Å². The highest BCUT2D eigenvalue weighted by molar-refractivity contribution is 6.33. The summed E-state index contributed by atoms with van der Waals surface area (Å²) in [5.41, 5.74) is 1.06. The van der Waals surface area contributed by atoms with Crippen LogP contribution in [0.15, 0.2) is 52.9 Å². The minimum absolute atomic E-state index is 0.106. The Hall–Kier alpha value is -3.39. The van der Waals surface area contributed by atoms with Gasteiger partial charge in [-0.1, -0.05) is 29.8 Å². The molecule has 0 N–H and O–H groups in total. The molecule has 3 rings (SSSR count). The number of hydrogen-bond acceptors (Lipinski definition) is 6. The standard InChI is InChI=1S/C23H25ClN4O4/c1-15(2)28(13-20-25-26-22(32-20)18-10-5-6-11-19(18)24)23(30)16-8-7-9-17(12-16)31-14-21(29)27(3)4/h5-12,15H,13-14H2,1-4H3. The molecule has 0 aliphatic rings. The lowest BCUT2D eigenvalue weighted by atomic mass is 10.1. The van der Waals surface area contributed by atoms with E-state index < -0.39 is 0 Å². The fourth-order valence-corrected chi connectivity index (χ4v) is 3.07. The Bertz CT molecular complexity index is 1100. The first kappa shape index (κ1) is 23.3.